The highest BCUT2D eigenvalue weighted by atomic mass is 35.5. The van der Waals surface area contributed by atoms with Crippen molar-refractivity contribution in [2.24, 2.45) is 0 Å². The first-order valence-corrected chi connectivity index (χ1v) is 9.86. The number of carbonyl (C=O) groups excluding carboxylic acids is 1. The van der Waals surface area contributed by atoms with Crippen LogP contribution in [0.4, 0.5) is 20.4 Å². The van der Waals surface area contributed by atoms with E-state index in [-0.39, 0.29) is 34.6 Å². The Hall–Kier alpha value is -2.48. The molecule has 1 heterocycles. The normalized spacial score (nSPS) is 19.0. The molecule has 6 nitrogen and oxygen atoms in total. The molecular formula is C20H24ClF2N5O. The summed E-state index contributed by atoms with van der Waals surface area (Å²) in [7, 11) is 3.47. The standard InChI is InChI=1S/C20H24ClF2N5O/c1-11-24-18(17(23)19(25-11)28(2)3)26-13-5-7-14(8-6-13)27-20(29)12-4-9-16(22)15(21)10-12/h4,9-10,13-14H,5-8H2,1-3H3,(H,27,29)(H,24,25,26). The molecule has 1 aliphatic rings. The van der Waals surface area contributed by atoms with Gasteiger partial charge < -0.3 is 15.5 Å². The number of anilines is 2. The summed E-state index contributed by atoms with van der Waals surface area (Å²) in [5.41, 5.74) is 0.325. The minimum absolute atomic E-state index is 0.00121. The Morgan fingerprint density at radius 1 is 1.14 bits per heavy atom. The van der Waals surface area contributed by atoms with E-state index in [1.165, 1.54) is 18.2 Å². The molecule has 0 atom stereocenters. The Labute approximate surface area is 173 Å². The Morgan fingerprint density at radius 3 is 2.41 bits per heavy atom. The summed E-state index contributed by atoms with van der Waals surface area (Å²) in [6.07, 6.45) is 3.00. The van der Waals surface area contributed by atoms with Crippen LogP contribution in [0.25, 0.3) is 0 Å². The fourth-order valence-corrected chi connectivity index (χ4v) is 3.60. The van der Waals surface area contributed by atoms with E-state index < -0.39 is 11.6 Å². The van der Waals surface area contributed by atoms with Crippen molar-refractivity contribution in [1.82, 2.24) is 15.3 Å². The summed E-state index contributed by atoms with van der Waals surface area (Å²) in [6, 6.07) is 3.97. The predicted octanol–water partition coefficient (Wildman–Crippen LogP) is 3.94. The number of hydrogen-bond donors (Lipinski definition) is 2. The van der Waals surface area contributed by atoms with Crippen molar-refractivity contribution < 1.29 is 13.6 Å². The van der Waals surface area contributed by atoms with Crippen LogP contribution >= 0.6 is 11.6 Å². The molecule has 156 valence electrons. The molecule has 0 saturated heterocycles. The van der Waals surface area contributed by atoms with E-state index in [1.54, 1.807) is 25.9 Å². The zero-order valence-corrected chi connectivity index (χ0v) is 17.4. The van der Waals surface area contributed by atoms with E-state index in [4.69, 9.17) is 11.6 Å². The number of aryl methyl sites for hydroxylation is 1. The molecule has 0 unspecified atom stereocenters. The summed E-state index contributed by atoms with van der Waals surface area (Å²) in [5, 5.41) is 6.06. The largest absolute Gasteiger partial charge is 0.365 e. The smallest absolute Gasteiger partial charge is 0.251 e. The Bertz CT molecular complexity index is 901. The second kappa shape index (κ2) is 8.90. The average molecular weight is 424 g/mol. The molecular weight excluding hydrogens is 400 g/mol. The monoisotopic (exact) mass is 423 g/mol. The van der Waals surface area contributed by atoms with Crippen molar-refractivity contribution in [3.63, 3.8) is 0 Å². The minimum atomic E-state index is -0.556. The summed E-state index contributed by atoms with van der Waals surface area (Å²) < 4.78 is 27.9. The lowest BCUT2D eigenvalue weighted by Crippen LogP contribution is -2.40. The Balaban J connectivity index is 1.57. The summed E-state index contributed by atoms with van der Waals surface area (Å²) in [5.74, 6) is -0.356. The number of carbonyl (C=O) groups is 1. The van der Waals surface area contributed by atoms with Gasteiger partial charge in [0.1, 0.15) is 11.6 Å². The van der Waals surface area contributed by atoms with Crippen LogP contribution in [0, 0.1) is 18.6 Å². The molecule has 2 N–H and O–H groups in total. The SMILES string of the molecule is Cc1nc(NC2CCC(NC(=O)c3ccc(F)c(Cl)c3)CC2)c(F)c(N(C)C)n1. The van der Waals surface area contributed by atoms with Crippen molar-refractivity contribution >= 4 is 29.1 Å². The molecule has 2 aromatic rings. The molecule has 1 fully saturated rings. The van der Waals surface area contributed by atoms with E-state index in [0.29, 0.717) is 11.4 Å². The number of benzene rings is 1. The number of halogens is 3. The van der Waals surface area contributed by atoms with Gasteiger partial charge in [-0.25, -0.2) is 14.4 Å². The van der Waals surface area contributed by atoms with Gasteiger partial charge in [-0.2, -0.15) is 4.39 Å². The maximum Gasteiger partial charge on any atom is 0.251 e. The fraction of sp³-hybridized carbons (Fsp3) is 0.450. The number of hydrogen-bond acceptors (Lipinski definition) is 5. The van der Waals surface area contributed by atoms with Gasteiger partial charge in [0.15, 0.2) is 11.6 Å². The second-order valence-electron chi connectivity index (χ2n) is 7.45. The first-order chi connectivity index (χ1) is 13.7. The molecule has 29 heavy (non-hydrogen) atoms. The van der Waals surface area contributed by atoms with Crippen LogP contribution in [-0.4, -0.2) is 42.1 Å². The van der Waals surface area contributed by atoms with E-state index in [0.717, 1.165) is 25.7 Å². The Kier molecular flexibility index (Phi) is 6.52. The van der Waals surface area contributed by atoms with Gasteiger partial charge in [-0.3, -0.25) is 4.79 Å². The zero-order chi connectivity index (χ0) is 21.1. The first kappa shape index (κ1) is 21.2. The summed E-state index contributed by atoms with van der Waals surface area (Å²) >= 11 is 5.74. The van der Waals surface area contributed by atoms with Crippen molar-refractivity contribution in [2.75, 3.05) is 24.3 Å². The molecule has 0 bridgehead atoms. The highest BCUT2D eigenvalue weighted by molar-refractivity contribution is 6.31. The van der Waals surface area contributed by atoms with Crippen LogP contribution in [0.1, 0.15) is 41.9 Å². The van der Waals surface area contributed by atoms with Gasteiger partial charge in [-0.05, 0) is 50.8 Å². The maximum atomic E-state index is 14.6. The summed E-state index contributed by atoms with van der Waals surface area (Å²) in [4.78, 5) is 22.3. The highest BCUT2D eigenvalue weighted by Gasteiger charge is 2.25. The van der Waals surface area contributed by atoms with Gasteiger partial charge in [-0.15, -0.1) is 0 Å². The number of rotatable bonds is 5. The third kappa shape index (κ3) is 5.12. The first-order valence-electron chi connectivity index (χ1n) is 9.48. The van der Waals surface area contributed by atoms with Crippen molar-refractivity contribution in [2.45, 2.75) is 44.7 Å². The second-order valence-corrected chi connectivity index (χ2v) is 7.85. The molecule has 0 spiro atoms. The number of nitrogens with one attached hydrogen (secondary N) is 2. The van der Waals surface area contributed by atoms with Crippen LogP contribution in [0.5, 0.6) is 0 Å². The Morgan fingerprint density at radius 2 is 1.79 bits per heavy atom. The van der Waals surface area contributed by atoms with E-state index >= 15 is 0 Å². The van der Waals surface area contributed by atoms with E-state index in [1.807, 2.05) is 0 Å². The van der Waals surface area contributed by atoms with Gasteiger partial charge >= 0.3 is 0 Å². The third-order valence-corrected chi connectivity index (χ3v) is 5.24. The van der Waals surface area contributed by atoms with Crippen molar-refractivity contribution in [1.29, 1.82) is 0 Å². The number of amides is 1. The molecule has 3 rings (SSSR count). The molecule has 1 amide bonds. The maximum absolute atomic E-state index is 14.6. The molecule has 0 radical (unpaired) electrons. The highest BCUT2D eigenvalue weighted by Crippen LogP contribution is 2.26. The van der Waals surface area contributed by atoms with Gasteiger partial charge in [0.05, 0.1) is 5.02 Å². The number of nitrogens with zero attached hydrogens (tertiary/aromatic N) is 3. The molecule has 1 saturated carbocycles. The lowest BCUT2D eigenvalue weighted by molar-refractivity contribution is 0.0926. The lowest BCUT2D eigenvalue weighted by atomic mass is 9.91. The van der Waals surface area contributed by atoms with Crippen LogP contribution in [0.2, 0.25) is 5.02 Å². The van der Waals surface area contributed by atoms with Crippen LogP contribution in [-0.2, 0) is 0 Å². The van der Waals surface area contributed by atoms with Gasteiger partial charge in [0, 0.05) is 31.7 Å². The van der Waals surface area contributed by atoms with E-state index in [2.05, 4.69) is 20.6 Å². The van der Waals surface area contributed by atoms with Gasteiger partial charge in [0.2, 0.25) is 5.82 Å². The van der Waals surface area contributed by atoms with Gasteiger partial charge in [-0.1, -0.05) is 11.6 Å². The molecule has 0 aliphatic heterocycles. The minimum Gasteiger partial charge on any atom is -0.365 e. The van der Waals surface area contributed by atoms with Gasteiger partial charge in [0.25, 0.3) is 5.91 Å². The molecule has 1 aliphatic carbocycles. The molecule has 1 aromatic carbocycles. The average Bonchev–Trinajstić information content (AvgIpc) is 2.67. The quantitative estimate of drug-likeness (QED) is 0.762. The number of aromatic nitrogens is 2. The third-order valence-electron chi connectivity index (χ3n) is 4.95. The summed E-state index contributed by atoms with van der Waals surface area (Å²) in [6.45, 7) is 1.73. The van der Waals surface area contributed by atoms with Crippen molar-refractivity contribution in [3.05, 3.63) is 46.2 Å². The van der Waals surface area contributed by atoms with E-state index in [9.17, 15) is 13.6 Å². The fourth-order valence-electron chi connectivity index (χ4n) is 3.42. The zero-order valence-electron chi connectivity index (χ0n) is 16.6. The van der Waals surface area contributed by atoms with Crippen LogP contribution in [0.3, 0.4) is 0 Å². The molecule has 1 aromatic heterocycles. The lowest BCUT2D eigenvalue weighted by Gasteiger charge is -2.30. The van der Waals surface area contributed by atoms with Crippen LogP contribution < -0.4 is 15.5 Å². The van der Waals surface area contributed by atoms with Crippen molar-refractivity contribution in [3.8, 4) is 0 Å². The predicted molar refractivity (Wildman–Crippen MR) is 110 cm³/mol. The van der Waals surface area contributed by atoms with Crippen LogP contribution in [0.15, 0.2) is 18.2 Å². The topological polar surface area (TPSA) is 70.2 Å². The molecule has 9 heteroatoms.